The Morgan fingerprint density at radius 3 is 2.43 bits per heavy atom. The van der Waals surface area contributed by atoms with Crippen molar-refractivity contribution in [1.29, 1.82) is 0 Å². The molecule has 2 N–H and O–H groups in total. The molecule has 0 saturated heterocycles. The summed E-state index contributed by atoms with van der Waals surface area (Å²) in [5.41, 5.74) is 2.19. The zero-order valence-electron chi connectivity index (χ0n) is 16.6. The van der Waals surface area contributed by atoms with Crippen LogP contribution in [0.15, 0.2) is 85.2 Å². The largest absolute Gasteiger partial charge is 0.326 e. The summed E-state index contributed by atoms with van der Waals surface area (Å²) < 4.78 is 1.59. The average Bonchev–Trinajstić information content (AvgIpc) is 3.28. The number of carbonyl (C=O) groups excluding carboxylic acids is 2. The minimum absolute atomic E-state index is 0.112. The molecule has 4 rings (SSSR count). The molecular weight excluding hydrogens is 376 g/mol. The van der Waals surface area contributed by atoms with Gasteiger partial charge in [0, 0.05) is 23.8 Å². The molecule has 0 fully saturated rings. The predicted molar refractivity (Wildman–Crippen MR) is 118 cm³/mol. The van der Waals surface area contributed by atoms with Gasteiger partial charge in [0.2, 0.25) is 11.8 Å². The number of anilines is 2. The van der Waals surface area contributed by atoms with Crippen LogP contribution in [0, 0.1) is 0 Å². The minimum Gasteiger partial charge on any atom is -0.326 e. The van der Waals surface area contributed by atoms with E-state index in [1.54, 1.807) is 54.3 Å². The van der Waals surface area contributed by atoms with Crippen LogP contribution in [0.1, 0.15) is 18.5 Å². The van der Waals surface area contributed by atoms with Crippen molar-refractivity contribution in [3.05, 3.63) is 90.8 Å². The molecule has 1 aromatic heterocycles. The van der Waals surface area contributed by atoms with Crippen LogP contribution in [0.4, 0.5) is 11.4 Å². The number of nitrogens with one attached hydrogen (secondary N) is 2. The molecule has 6 nitrogen and oxygen atoms in total. The molecule has 4 aromatic rings. The highest BCUT2D eigenvalue weighted by molar-refractivity contribution is 5.96. The van der Waals surface area contributed by atoms with Crippen molar-refractivity contribution < 1.29 is 9.59 Å². The van der Waals surface area contributed by atoms with Gasteiger partial charge >= 0.3 is 0 Å². The molecule has 1 atom stereocenters. The first-order valence-corrected chi connectivity index (χ1v) is 9.76. The molecule has 1 heterocycles. The molecule has 2 amide bonds. The summed E-state index contributed by atoms with van der Waals surface area (Å²) in [6.45, 7) is 1.78. The molecule has 0 saturated carbocycles. The summed E-state index contributed by atoms with van der Waals surface area (Å²) in [6.07, 6.45) is 3.65. The SMILES string of the molecule is CC(C(=O)Nc1cccc(NC(=O)Cc2ccc3ccccc3c2)c1)n1cccn1. The first-order valence-electron chi connectivity index (χ1n) is 9.76. The van der Waals surface area contributed by atoms with E-state index in [9.17, 15) is 9.59 Å². The van der Waals surface area contributed by atoms with Gasteiger partial charge in [0.25, 0.3) is 0 Å². The fourth-order valence-corrected chi connectivity index (χ4v) is 3.29. The van der Waals surface area contributed by atoms with Crippen molar-refractivity contribution in [3.63, 3.8) is 0 Å². The number of nitrogens with zero attached hydrogens (tertiary/aromatic N) is 2. The Morgan fingerprint density at radius 2 is 1.67 bits per heavy atom. The second kappa shape index (κ2) is 8.61. The van der Waals surface area contributed by atoms with Crippen LogP contribution < -0.4 is 10.6 Å². The molecule has 6 heteroatoms. The maximum atomic E-state index is 12.5. The minimum atomic E-state index is -0.439. The van der Waals surface area contributed by atoms with Crippen molar-refractivity contribution >= 4 is 34.0 Å². The average molecular weight is 398 g/mol. The summed E-state index contributed by atoms with van der Waals surface area (Å²) in [5, 5.41) is 12.1. The first kappa shape index (κ1) is 19.4. The van der Waals surface area contributed by atoms with Crippen LogP contribution in [0.25, 0.3) is 10.8 Å². The highest BCUT2D eigenvalue weighted by atomic mass is 16.2. The normalized spacial score (nSPS) is 11.8. The maximum absolute atomic E-state index is 12.5. The van der Waals surface area contributed by atoms with E-state index < -0.39 is 6.04 Å². The highest BCUT2D eigenvalue weighted by Crippen LogP contribution is 2.19. The fourth-order valence-electron chi connectivity index (χ4n) is 3.29. The summed E-state index contributed by atoms with van der Waals surface area (Å²) in [5.74, 6) is -0.294. The summed E-state index contributed by atoms with van der Waals surface area (Å²) >= 11 is 0. The van der Waals surface area contributed by atoms with E-state index in [2.05, 4.69) is 15.7 Å². The summed E-state index contributed by atoms with van der Waals surface area (Å²) in [4.78, 5) is 24.9. The highest BCUT2D eigenvalue weighted by Gasteiger charge is 2.15. The lowest BCUT2D eigenvalue weighted by atomic mass is 10.0. The second-order valence-electron chi connectivity index (χ2n) is 7.14. The van der Waals surface area contributed by atoms with Crippen LogP contribution in [0.5, 0.6) is 0 Å². The van der Waals surface area contributed by atoms with E-state index in [-0.39, 0.29) is 18.2 Å². The number of fused-ring (bicyclic) bond motifs is 1. The monoisotopic (exact) mass is 398 g/mol. The molecule has 0 aliphatic rings. The number of carbonyl (C=O) groups is 2. The topological polar surface area (TPSA) is 76.0 Å². The molecular formula is C24H22N4O2. The fraction of sp³-hybridized carbons (Fsp3) is 0.125. The lowest BCUT2D eigenvalue weighted by molar-refractivity contribution is -0.119. The van der Waals surface area contributed by atoms with Gasteiger partial charge in [-0.3, -0.25) is 14.3 Å². The first-order chi connectivity index (χ1) is 14.6. The van der Waals surface area contributed by atoms with Crippen LogP contribution in [0.2, 0.25) is 0 Å². The zero-order valence-corrected chi connectivity index (χ0v) is 16.6. The van der Waals surface area contributed by atoms with Gasteiger partial charge in [0.1, 0.15) is 6.04 Å². The van der Waals surface area contributed by atoms with Crippen LogP contribution >= 0.6 is 0 Å². The molecule has 3 aromatic carbocycles. The Kier molecular flexibility index (Phi) is 5.57. The van der Waals surface area contributed by atoms with E-state index >= 15 is 0 Å². The molecule has 30 heavy (non-hydrogen) atoms. The smallest absolute Gasteiger partial charge is 0.248 e. The second-order valence-corrected chi connectivity index (χ2v) is 7.14. The van der Waals surface area contributed by atoms with Gasteiger partial charge in [-0.25, -0.2) is 0 Å². The lowest BCUT2D eigenvalue weighted by Crippen LogP contribution is -2.24. The van der Waals surface area contributed by atoms with Crippen molar-refractivity contribution in [2.75, 3.05) is 10.6 Å². The summed E-state index contributed by atoms with van der Waals surface area (Å²) in [7, 11) is 0. The Hall–Kier alpha value is -3.93. The maximum Gasteiger partial charge on any atom is 0.248 e. The van der Waals surface area contributed by atoms with Crippen LogP contribution in [-0.4, -0.2) is 21.6 Å². The third-order valence-corrected chi connectivity index (χ3v) is 4.89. The van der Waals surface area contributed by atoms with E-state index in [0.717, 1.165) is 16.3 Å². The quantitative estimate of drug-likeness (QED) is 0.505. The van der Waals surface area contributed by atoms with Gasteiger partial charge in [0.05, 0.1) is 6.42 Å². The van der Waals surface area contributed by atoms with E-state index in [1.165, 1.54) is 0 Å². The standard InChI is InChI=1S/C24H22N4O2/c1-17(28-13-5-12-25-28)24(30)27-22-9-4-8-21(16-22)26-23(29)15-18-10-11-19-6-2-3-7-20(19)14-18/h2-14,16-17H,15H2,1H3,(H,26,29)(H,27,30). The van der Waals surface area contributed by atoms with Crippen molar-refractivity contribution in [2.24, 2.45) is 0 Å². The molecule has 0 bridgehead atoms. The number of rotatable bonds is 6. The molecule has 150 valence electrons. The third-order valence-electron chi connectivity index (χ3n) is 4.89. The molecule has 0 radical (unpaired) electrons. The molecule has 0 aliphatic heterocycles. The van der Waals surface area contributed by atoms with E-state index in [1.807, 2.05) is 42.5 Å². The third kappa shape index (κ3) is 4.55. The molecule has 0 spiro atoms. The van der Waals surface area contributed by atoms with Crippen LogP contribution in [0.3, 0.4) is 0 Å². The van der Waals surface area contributed by atoms with Crippen molar-refractivity contribution in [1.82, 2.24) is 9.78 Å². The summed E-state index contributed by atoms with van der Waals surface area (Å²) in [6, 6.07) is 22.5. The van der Waals surface area contributed by atoms with Crippen molar-refractivity contribution in [2.45, 2.75) is 19.4 Å². The van der Waals surface area contributed by atoms with E-state index in [4.69, 9.17) is 0 Å². The van der Waals surface area contributed by atoms with Gasteiger partial charge in [0.15, 0.2) is 0 Å². The molecule has 0 aliphatic carbocycles. The number of hydrogen-bond donors (Lipinski definition) is 2. The van der Waals surface area contributed by atoms with Gasteiger partial charge < -0.3 is 10.6 Å². The zero-order chi connectivity index (χ0) is 20.9. The van der Waals surface area contributed by atoms with Crippen molar-refractivity contribution in [3.8, 4) is 0 Å². The predicted octanol–water partition coefficient (Wildman–Crippen LogP) is 4.42. The number of benzene rings is 3. The number of hydrogen-bond acceptors (Lipinski definition) is 3. The Morgan fingerprint density at radius 1 is 0.900 bits per heavy atom. The van der Waals surface area contributed by atoms with Gasteiger partial charge in [-0.1, -0.05) is 48.5 Å². The lowest BCUT2D eigenvalue weighted by Gasteiger charge is -2.13. The van der Waals surface area contributed by atoms with E-state index in [0.29, 0.717) is 11.4 Å². The Labute approximate surface area is 174 Å². The number of amides is 2. The Balaban J connectivity index is 1.39. The van der Waals surface area contributed by atoms with Crippen LogP contribution in [-0.2, 0) is 16.0 Å². The Bertz CT molecular complexity index is 1180. The van der Waals surface area contributed by atoms with Gasteiger partial charge in [-0.15, -0.1) is 0 Å². The van der Waals surface area contributed by atoms with Gasteiger partial charge in [-0.2, -0.15) is 5.10 Å². The van der Waals surface area contributed by atoms with Gasteiger partial charge in [-0.05, 0) is 47.5 Å². The number of aromatic nitrogens is 2. The molecule has 1 unspecified atom stereocenters.